The molecule has 0 aliphatic carbocycles. The smallest absolute Gasteiger partial charge is 0.326 e. The minimum Gasteiger partial charge on any atom is -0.480 e. The van der Waals surface area contributed by atoms with E-state index in [0.717, 1.165) is 10.9 Å². The van der Waals surface area contributed by atoms with Crippen LogP contribution in [0.15, 0.2) is 30.5 Å². The van der Waals surface area contributed by atoms with Crippen LogP contribution in [0.2, 0.25) is 0 Å². The number of rotatable bonds is 13. The number of H-pyrrole nitrogens is 1. The van der Waals surface area contributed by atoms with Gasteiger partial charge in [-0.25, -0.2) is 4.79 Å². The Morgan fingerprint density at radius 3 is 2.17 bits per heavy atom. The van der Waals surface area contributed by atoms with Gasteiger partial charge in [-0.2, -0.15) is 12.6 Å². The Morgan fingerprint density at radius 2 is 1.57 bits per heavy atom. The number of nitrogens with two attached hydrogens (primary N) is 2. The van der Waals surface area contributed by atoms with Gasteiger partial charge in [0.05, 0.1) is 19.1 Å². The first-order chi connectivity index (χ1) is 16.6. The maximum Gasteiger partial charge on any atom is 0.326 e. The van der Waals surface area contributed by atoms with Crippen molar-refractivity contribution in [1.29, 1.82) is 0 Å². The number of nitrogens with one attached hydrogen (secondary N) is 4. The average molecular weight is 509 g/mol. The van der Waals surface area contributed by atoms with Gasteiger partial charge in [0.1, 0.15) is 18.1 Å². The quantitative estimate of drug-likeness (QED) is 0.130. The third kappa shape index (κ3) is 7.70. The molecule has 1 aromatic carbocycles. The molecule has 4 amide bonds. The molecule has 10 N–H and O–H groups in total. The number of hydrogen-bond acceptors (Lipinski definition) is 8. The van der Waals surface area contributed by atoms with E-state index in [0.29, 0.717) is 5.56 Å². The second-order valence-electron chi connectivity index (χ2n) is 7.73. The van der Waals surface area contributed by atoms with E-state index >= 15 is 0 Å². The Labute approximate surface area is 205 Å². The molecular formula is C21H28N6O7S. The SMILES string of the molecule is NC(=O)CC(NC(=O)C(CO)NC(=O)C(N)CS)C(=O)NC(Cc1c[nH]c2ccccc12)C(=O)O. The van der Waals surface area contributed by atoms with Crippen LogP contribution in [0.5, 0.6) is 0 Å². The van der Waals surface area contributed by atoms with Crippen molar-refractivity contribution in [3.05, 3.63) is 36.0 Å². The summed E-state index contributed by atoms with van der Waals surface area (Å²) in [7, 11) is 0. The zero-order chi connectivity index (χ0) is 26.1. The van der Waals surface area contributed by atoms with Gasteiger partial charge in [0.15, 0.2) is 0 Å². The lowest BCUT2D eigenvalue weighted by molar-refractivity contribution is -0.142. The highest BCUT2D eigenvalue weighted by atomic mass is 32.1. The number of aromatic nitrogens is 1. The van der Waals surface area contributed by atoms with Crippen LogP contribution >= 0.6 is 12.6 Å². The number of aliphatic carboxylic acids is 1. The van der Waals surface area contributed by atoms with Crippen LogP contribution in [0.3, 0.4) is 0 Å². The van der Waals surface area contributed by atoms with Gasteiger partial charge in [0.25, 0.3) is 0 Å². The van der Waals surface area contributed by atoms with Crippen LogP contribution in [0.1, 0.15) is 12.0 Å². The van der Waals surface area contributed by atoms with Crippen molar-refractivity contribution >= 4 is 53.1 Å². The number of primary amides is 1. The second-order valence-corrected chi connectivity index (χ2v) is 8.09. The summed E-state index contributed by atoms with van der Waals surface area (Å²) in [6.07, 6.45) is 0.887. The Kier molecular flexibility index (Phi) is 10.1. The molecule has 14 heteroatoms. The Morgan fingerprint density at radius 1 is 0.971 bits per heavy atom. The van der Waals surface area contributed by atoms with E-state index in [2.05, 4.69) is 33.6 Å². The molecule has 2 aromatic rings. The molecule has 1 heterocycles. The highest BCUT2D eigenvalue weighted by molar-refractivity contribution is 7.80. The number of aromatic amines is 1. The first kappa shape index (κ1) is 27.6. The number of thiol groups is 1. The molecule has 0 saturated heterocycles. The van der Waals surface area contributed by atoms with E-state index in [9.17, 15) is 34.2 Å². The molecular weight excluding hydrogens is 480 g/mol. The first-order valence-electron chi connectivity index (χ1n) is 10.5. The normalized spacial score (nSPS) is 14.4. The van der Waals surface area contributed by atoms with Crippen LogP contribution in [-0.4, -0.2) is 81.3 Å². The predicted molar refractivity (Wildman–Crippen MR) is 128 cm³/mol. The minimum atomic E-state index is -1.56. The number of carbonyl (C=O) groups excluding carboxylic acids is 4. The third-order valence-electron chi connectivity index (χ3n) is 5.10. The summed E-state index contributed by atoms with van der Waals surface area (Å²) in [6, 6.07) is 1.70. The van der Waals surface area contributed by atoms with Crippen LogP contribution < -0.4 is 27.4 Å². The van der Waals surface area contributed by atoms with Crippen molar-refractivity contribution in [3.63, 3.8) is 0 Å². The van der Waals surface area contributed by atoms with Crippen molar-refractivity contribution in [2.75, 3.05) is 12.4 Å². The summed E-state index contributed by atoms with van der Waals surface area (Å²) in [4.78, 5) is 63.6. The summed E-state index contributed by atoms with van der Waals surface area (Å²) in [6.45, 7) is -0.833. The van der Waals surface area contributed by atoms with E-state index in [4.69, 9.17) is 11.5 Å². The monoisotopic (exact) mass is 508 g/mol. The number of amides is 4. The zero-order valence-electron chi connectivity index (χ0n) is 18.6. The summed E-state index contributed by atoms with van der Waals surface area (Å²) < 4.78 is 0. The standard InChI is InChI=1S/C21H28N6O7S/c22-12(9-35)18(30)27-16(8-28)20(32)25-14(6-17(23)29)19(31)26-15(21(33)34)5-10-7-24-13-4-2-1-3-11(10)13/h1-4,7,12,14-16,24,28,35H,5-6,8-9,22H2,(H2,23,29)(H,25,32)(H,26,31)(H,27,30)(H,33,34). The maximum atomic E-state index is 12.8. The number of aliphatic hydroxyl groups is 1. The van der Waals surface area contributed by atoms with Crippen molar-refractivity contribution in [1.82, 2.24) is 20.9 Å². The molecule has 0 aliphatic rings. The fourth-order valence-electron chi connectivity index (χ4n) is 3.23. The van der Waals surface area contributed by atoms with E-state index in [1.807, 2.05) is 12.1 Å². The van der Waals surface area contributed by atoms with Gasteiger partial charge >= 0.3 is 5.97 Å². The van der Waals surface area contributed by atoms with Gasteiger partial charge < -0.3 is 42.6 Å². The van der Waals surface area contributed by atoms with Crippen molar-refractivity contribution in [2.24, 2.45) is 11.5 Å². The van der Waals surface area contributed by atoms with Gasteiger partial charge in [0, 0.05) is 29.3 Å². The van der Waals surface area contributed by atoms with E-state index < -0.39 is 66.8 Å². The topological polar surface area (TPSA) is 230 Å². The molecule has 4 atom stereocenters. The van der Waals surface area contributed by atoms with E-state index in [1.165, 1.54) is 0 Å². The summed E-state index contributed by atoms with van der Waals surface area (Å²) in [5.74, 6) is -5.07. The summed E-state index contributed by atoms with van der Waals surface area (Å²) in [5.41, 5.74) is 12.1. The predicted octanol–water partition coefficient (Wildman–Crippen LogP) is -2.63. The molecule has 4 unspecified atom stereocenters. The number of fused-ring (bicyclic) bond motifs is 1. The van der Waals surface area contributed by atoms with Gasteiger partial charge in [-0.15, -0.1) is 0 Å². The highest BCUT2D eigenvalue weighted by Crippen LogP contribution is 2.19. The van der Waals surface area contributed by atoms with Crippen LogP contribution in [-0.2, 0) is 30.4 Å². The average Bonchev–Trinajstić information content (AvgIpc) is 3.23. The lowest BCUT2D eigenvalue weighted by Gasteiger charge is -2.23. The molecule has 0 aliphatic heterocycles. The molecule has 2 rings (SSSR count). The van der Waals surface area contributed by atoms with Crippen LogP contribution in [0, 0.1) is 0 Å². The molecule has 0 saturated carbocycles. The largest absolute Gasteiger partial charge is 0.480 e. The van der Waals surface area contributed by atoms with Crippen molar-refractivity contribution in [2.45, 2.75) is 37.0 Å². The molecule has 0 bridgehead atoms. The Bertz CT molecular complexity index is 1090. The van der Waals surface area contributed by atoms with Gasteiger partial charge in [0.2, 0.25) is 23.6 Å². The fraction of sp³-hybridized carbons (Fsp3) is 0.381. The van der Waals surface area contributed by atoms with Gasteiger partial charge in [-0.1, -0.05) is 18.2 Å². The summed E-state index contributed by atoms with van der Waals surface area (Å²) >= 11 is 3.87. The molecule has 0 spiro atoms. The van der Waals surface area contributed by atoms with Crippen LogP contribution in [0.4, 0.5) is 0 Å². The highest BCUT2D eigenvalue weighted by Gasteiger charge is 2.31. The number of para-hydroxylation sites is 1. The summed E-state index contributed by atoms with van der Waals surface area (Å²) in [5, 5.41) is 26.6. The molecule has 0 radical (unpaired) electrons. The zero-order valence-corrected chi connectivity index (χ0v) is 19.5. The number of hydrogen-bond donors (Lipinski definition) is 9. The third-order valence-corrected chi connectivity index (χ3v) is 5.49. The van der Waals surface area contributed by atoms with E-state index in [-0.39, 0.29) is 12.2 Å². The van der Waals surface area contributed by atoms with Crippen molar-refractivity contribution in [3.8, 4) is 0 Å². The maximum absolute atomic E-state index is 12.8. The van der Waals surface area contributed by atoms with Gasteiger partial charge in [-0.05, 0) is 11.6 Å². The molecule has 35 heavy (non-hydrogen) atoms. The number of aliphatic hydroxyl groups excluding tert-OH is 1. The number of carboxylic acid groups (broad SMARTS) is 1. The second kappa shape index (κ2) is 12.7. The molecule has 0 fully saturated rings. The Hall–Kier alpha value is -3.62. The number of carbonyl (C=O) groups is 5. The van der Waals surface area contributed by atoms with Crippen LogP contribution in [0.25, 0.3) is 10.9 Å². The van der Waals surface area contributed by atoms with E-state index in [1.54, 1.807) is 18.3 Å². The number of carboxylic acids is 1. The molecule has 190 valence electrons. The molecule has 13 nitrogen and oxygen atoms in total. The number of benzene rings is 1. The molecule has 1 aromatic heterocycles. The van der Waals surface area contributed by atoms with Crippen molar-refractivity contribution < 1.29 is 34.2 Å². The minimum absolute atomic E-state index is 0.0225. The van der Waals surface area contributed by atoms with Gasteiger partial charge in [-0.3, -0.25) is 19.2 Å². The fourth-order valence-corrected chi connectivity index (χ4v) is 3.40. The lowest BCUT2D eigenvalue weighted by atomic mass is 10.0. The first-order valence-corrected chi connectivity index (χ1v) is 11.1. The Balaban J connectivity index is 2.14. The lowest BCUT2D eigenvalue weighted by Crippen LogP contribution is -2.59.